The fourth-order valence-electron chi connectivity index (χ4n) is 3.39. The van der Waals surface area contributed by atoms with Gasteiger partial charge in [0, 0.05) is 36.6 Å². The van der Waals surface area contributed by atoms with Crippen LogP contribution in [0.5, 0.6) is 5.75 Å². The van der Waals surface area contributed by atoms with Crippen molar-refractivity contribution in [3.8, 4) is 22.8 Å². The van der Waals surface area contributed by atoms with Crippen molar-refractivity contribution in [3.63, 3.8) is 0 Å². The zero-order chi connectivity index (χ0) is 22.9. The van der Waals surface area contributed by atoms with Gasteiger partial charge in [0.05, 0.1) is 5.69 Å². The zero-order valence-corrected chi connectivity index (χ0v) is 17.5. The number of carbonyl (C=O) groups is 1. The fraction of sp³-hybridized carbons (Fsp3) is 0.300. The van der Waals surface area contributed by atoms with Gasteiger partial charge in [-0.3, -0.25) is 4.79 Å². The number of amides is 1. The van der Waals surface area contributed by atoms with E-state index in [9.17, 15) is 18.0 Å². The molecule has 0 aliphatic carbocycles. The number of hydrogen-bond donors (Lipinski definition) is 2. The van der Waals surface area contributed by atoms with E-state index in [1.807, 2.05) is 6.92 Å². The second-order valence-corrected chi connectivity index (χ2v) is 7.68. The average Bonchev–Trinajstić information content (AvgIpc) is 3.30. The molecule has 1 aromatic carbocycles. The molecule has 0 unspecified atom stereocenters. The lowest BCUT2D eigenvalue weighted by Gasteiger charge is -2.12. The number of alkyl halides is 3. The zero-order valence-electron chi connectivity index (χ0n) is 16.7. The fourth-order valence-corrected chi connectivity index (χ4v) is 3.49. The van der Waals surface area contributed by atoms with Gasteiger partial charge in [0.25, 0.3) is 0 Å². The van der Waals surface area contributed by atoms with Gasteiger partial charge in [0.1, 0.15) is 11.6 Å². The molecule has 1 aliphatic rings. The summed E-state index contributed by atoms with van der Waals surface area (Å²) in [4.78, 5) is 11.7. The quantitative estimate of drug-likeness (QED) is 0.575. The first-order valence-electron chi connectivity index (χ1n) is 9.67. The van der Waals surface area contributed by atoms with Crippen molar-refractivity contribution < 1.29 is 22.7 Å². The summed E-state index contributed by atoms with van der Waals surface area (Å²) in [5.41, 5.74) is 0.889. The van der Waals surface area contributed by atoms with Crippen LogP contribution in [0.25, 0.3) is 17.1 Å². The Bertz CT molecular complexity index is 1120. The Kier molecular flexibility index (Phi) is 5.92. The topological polar surface area (TPSA) is 94.0 Å². The van der Waals surface area contributed by atoms with E-state index in [2.05, 4.69) is 30.7 Å². The molecule has 3 heterocycles. The summed E-state index contributed by atoms with van der Waals surface area (Å²) in [6, 6.07) is 10.4. The molecule has 1 fully saturated rings. The lowest BCUT2D eigenvalue weighted by atomic mass is 9.98. The van der Waals surface area contributed by atoms with Gasteiger partial charge in [0.2, 0.25) is 5.91 Å². The first kappa shape index (κ1) is 21.9. The molecule has 2 aromatic heterocycles. The Morgan fingerprint density at radius 3 is 2.72 bits per heavy atom. The van der Waals surface area contributed by atoms with Gasteiger partial charge in [-0.25, -0.2) is 4.68 Å². The first-order chi connectivity index (χ1) is 15.2. The SMILES string of the molecule is C[C@H]1C(=O)NC[C@@H]1CNc1cc(-c2cccc(OC(F)(F)F)c2)n(-c2ccc(Cl)nn2)n1. The highest BCUT2D eigenvalue weighted by Crippen LogP contribution is 2.31. The van der Waals surface area contributed by atoms with E-state index in [0.717, 1.165) is 0 Å². The van der Waals surface area contributed by atoms with Crippen molar-refractivity contribution in [2.75, 3.05) is 18.4 Å². The van der Waals surface area contributed by atoms with Gasteiger partial charge in [-0.2, -0.15) is 0 Å². The highest BCUT2D eigenvalue weighted by Gasteiger charge is 2.32. The lowest BCUT2D eigenvalue weighted by molar-refractivity contribution is -0.274. The number of anilines is 1. The molecule has 32 heavy (non-hydrogen) atoms. The predicted octanol–water partition coefficient (Wildman–Crippen LogP) is 3.68. The molecule has 0 saturated carbocycles. The number of halogens is 4. The summed E-state index contributed by atoms with van der Waals surface area (Å²) >= 11 is 5.82. The Labute approximate surface area is 185 Å². The summed E-state index contributed by atoms with van der Waals surface area (Å²) in [7, 11) is 0. The van der Waals surface area contributed by atoms with Crippen LogP contribution in [-0.4, -0.2) is 45.3 Å². The van der Waals surface area contributed by atoms with E-state index in [0.29, 0.717) is 36.0 Å². The van der Waals surface area contributed by atoms with Crippen LogP contribution in [0.3, 0.4) is 0 Å². The third-order valence-electron chi connectivity index (χ3n) is 5.11. The smallest absolute Gasteiger partial charge is 0.406 e. The van der Waals surface area contributed by atoms with E-state index in [1.54, 1.807) is 18.2 Å². The summed E-state index contributed by atoms with van der Waals surface area (Å²) in [6.07, 6.45) is -4.81. The van der Waals surface area contributed by atoms with E-state index in [4.69, 9.17) is 11.6 Å². The second kappa shape index (κ2) is 8.65. The number of ether oxygens (including phenoxy) is 1. The number of rotatable bonds is 6. The molecule has 2 N–H and O–H groups in total. The maximum Gasteiger partial charge on any atom is 0.573 e. The number of nitrogens with zero attached hydrogens (tertiary/aromatic N) is 4. The van der Waals surface area contributed by atoms with Gasteiger partial charge in [-0.05, 0) is 24.3 Å². The van der Waals surface area contributed by atoms with Crippen LogP contribution in [0, 0.1) is 11.8 Å². The maximum atomic E-state index is 12.7. The Balaban J connectivity index is 1.66. The molecule has 3 aromatic rings. The molecule has 0 radical (unpaired) electrons. The number of benzene rings is 1. The molecule has 0 bridgehead atoms. The van der Waals surface area contributed by atoms with Crippen LogP contribution >= 0.6 is 11.6 Å². The van der Waals surface area contributed by atoms with Crippen molar-refractivity contribution in [1.82, 2.24) is 25.3 Å². The number of hydrogen-bond acceptors (Lipinski definition) is 6. The Morgan fingerprint density at radius 2 is 2.06 bits per heavy atom. The molecular weight excluding hydrogens is 449 g/mol. The van der Waals surface area contributed by atoms with Gasteiger partial charge in [-0.15, -0.1) is 28.5 Å². The van der Waals surface area contributed by atoms with Crippen LogP contribution < -0.4 is 15.4 Å². The molecule has 168 valence electrons. The molecular formula is C20H18ClF3N6O2. The highest BCUT2D eigenvalue weighted by molar-refractivity contribution is 6.29. The van der Waals surface area contributed by atoms with Crippen molar-refractivity contribution in [2.45, 2.75) is 13.3 Å². The first-order valence-corrected chi connectivity index (χ1v) is 10.0. The molecule has 0 spiro atoms. The van der Waals surface area contributed by atoms with Crippen LogP contribution in [-0.2, 0) is 4.79 Å². The third kappa shape index (κ3) is 4.93. The van der Waals surface area contributed by atoms with E-state index in [1.165, 1.54) is 28.9 Å². The van der Waals surface area contributed by atoms with Crippen molar-refractivity contribution in [1.29, 1.82) is 0 Å². The third-order valence-corrected chi connectivity index (χ3v) is 5.31. The molecule has 2 atom stereocenters. The summed E-state index contributed by atoms with van der Waals surface area (Å²) in [5.74, 6) is 0.373. The van der Waals surface area contributed by atoms with Crippen LogP contribution in [0.1, 0.15) is 6.92 Å². The van der Waals surface area contributed by atoms with Gasteiger partial charge < -0.3 is 15.4 Å². The summed E-state index contributed by atoms with van der Waals surface area (Å²) in [6.45, 7) is 2.90. The minimum Gasteiger partial charge on any atom is -0.406 e. The van der Waals surface area contributed by atoms with E-state index < -0.39 is 6.36 Å². The second-order valence-electron chi connectivity index (χ2n) is 7.29. The van der Waals surface area contributed by atoms with Crippen LogP contribution in [0.4, 0.5) is 19.0 Å². The number of aromatic nitrogens is 4. The largest absolute Gasteiger partial charge is 0.573 e. The Hall–Kier alpha value is -3.34. The van der Waals surface area contributed by atoms with Crippen molar-refractivity contribution in [2.24, 2.45) is 11.8 Å². The lowest BCUT2D eigenvalue weighted by Crippen LogP contribution is -2.21. The average molecular weight is 467 g/mol. The standard InChI is InChI=1S/C20H18ClF3N6O2/c1-11-13(10-26-19(11)31)9-25-17-8-15(30(29-17)18-6-5-16(21)27-28-18)12-3-2-4-14(7-12)32-20(22,23)24/h2-8,11,13H,9-10H2,1H3,(H,25,29)(H,26,31)/t11-,13+/m1/s1. The molecule has 4 rings (SSSR count). The number of nitrogens with one attached hydrogen (secondary N) is 2. The van der Waals surface area contributed by atoms with Crippen LogP contribution in [0.2, 0.25) is 5.15 Å². The van der Waals surface area contributed by atoms with Crippen molar-refractivity contribution >= 4 is 23.3 Å². The Morgan fingerprint density at radius 1 is 1.25 bits per heavy atom. The summed E-state index contributed by atoms with van der Waals surface area (Å²) in [5, 5.41) is 18.5. The van der Waals surface area contributed by atoms with E-state index >= 15 is 0 Å². The minimum atomic E-state index is -4.81. The van der Waals surface area contributed by atoms with E-state index in [-0.39, 0.29) is 28.6 Å². The minimum absolute atomic E-state index is 0.000867. The molecule has 1 saturated heterocycles. The number of carbonyl (C=O) groups excluding carboxylic acids is 1. The monoisotopic (exact) mass is 466 g/mol. The molecule has 8 nitrogen and oxygen atoms in total. The van der Waals surface area contributed by atoms with Crippen molar-refractivity contribution in [3.05, 3.63) is 47.6 Å². The maximum absolute atomic E-state index is 12.7. The highest BCUT2D eigenvalue weighted by atomic mass is 35.5. The molecule has 1 amide bonds. The summed E-state index contributed by atoms with van der Waals surface area (Å²) < 4.78 is 43.5. The van der Waals surface area contributed by atoms with Crippen LogP contribution in [0.15, 0.2) is 42.5 Å². The normalized spacial score (nSPS) is 18.5. The van der Waals surface area contributed by atoms with Gasteiger partial charge in [-0.1, -0.05) is 30.7 Å². The van der Waals surface area contributed by atoms with Gasteiger partial charge >= 0.3 is 6.36 Å². The molecule has 12 heteroatoms. The predicted molar refractivity (Wildman–Crippen MR) is 110 cm³/mol. The molecule has 1 aliphatic heterocycles. The van der Waals surface area contributed by atoms with Gasteiger partial charge in [0.15, 0.2) is 11.0 Å².